The van der Waals surface area contributed by atoms with E-state index in [1.807, 2.05) is 18.2 Å². The Balaban J connectivity index is 1.64. The molecule has 1 aromatic heterocycles. The van der Waals surface area contributed by atoms with E-state index in [9.17, 15) is 9.59 Å². The van der Waals surface area contributed by atoms with Crippen LogP contribution >= 0.6 is 11.6 Å². The maximum Gasteiger partial charge on any atom is 0.358 e. The third-order valence-electron chi connectivity index (χ3n) is 3.33. The molecule has 0 fully saturated rings. The summed E-state index contributed by atoms with van der Waals surface area (Å²) in [5, 5.41) is 4.75. The van der Waals surface area contributed by atoms with Gasteiger partial charge in [0.25, 0.3) is 5.91 Å². The van der Waals surface area contributed by atoms with E-state index in [2.05, 4.69) is 10.3 Å². The Labute approximate surface area is 143 Å². The topological polar surface area (TPSA) is 68.3 Å². The predicted octanol–water partition coefficient (Wildman–Crippen LogP) is 3.68. The summed E-state index contributed by atoms with van der Waals surface area (Å²) in [6, 6.07) is 15.8. The van der Waals surface area contributed by atoms with Crippen molar-refractivity contribution in [3.8, 4) is 0 Å². The Bertz CT molecular complexity index is 889. The number of rotatable bonds is 4. The fourth-order valence-electron chi connectivity index (χ4n) is 2.21. The first-order valence-electron chi connectivity index (χ1n) is 7.20. The van der Waals surface area contributed by atoms with Gasteiger partial charge in [-0.2, -0.15) is 0 Å². The third kappa shape index (κ3) is 3.70. The summed E-state index contributed by atoms with van der Waals surface area (Å²) in [7, 11) is 0. The Morgan fingerprint density at radius 2 is 1.79 bits per heavy atom. The van der Waals surface area contributed by atoms with Gasteiger partial charge >= 0.3 is 5.97 Å². The minimum absolute atomic E-state index is 0.187. The quantitative estimate of drug-likeness (QED) is 0.735. The standard InChI is InChI=1S/C18H13ClN2O3/c19-13-5-7-14(8-6-13)21-16(22)11-24-18(23)17-15-4-2-1-3-12(15)9-10-20-17/h1-10H,11H2,(H,21,22). The van der Waals surface area contributed by atoms with Crippen molar-refractivity contribution in [2.75, 3.05) is 11.9 Å². The average Bonchev–Trinajstić information content (AvgIpc) is 2.61. The first kappa shape index (κ1) is 16.0. The highest BCUT2D eigenvalue weighted by Crippen LogP contribution is 2.17. The summed E-state index contributed by atoms with van der Waals surface area (Å²) in [6.45, 7) is -0.396. The smallest absolute Gasteiger partial charge is 0.358 e. The fourth-order valence-corrected chi connectivity index (χ4v) is 2.34. The van der Waals surface area contributed by atoms with Gasteiger partial charge in [0.05, 0.1) is 0 Å². The molecule has 0 aliphatic carbocycles. The van der Waals surface area contributed by atoms with Gasteiger partial charge in [-0.15, -0.1) is 0 Å². The molecule has 1 N–H and O–H groups in total. The number of nitrogens with zero attached hydrogens (tertiary/aromatic N) is 1. The van der Waals surface area contributed by atoms with Crippen LogP contribution in [0.5, 0.6) is 0 Å². The summed E-state index contributed by atoms with van der Waals surface area (Å²) in [5.41, 5.74) is 0.760. The lowest BCUT2D eigenvalue weighted by Crippen LogP contribution is -2.21. The summed E-state index contributed by atoms with van der Waals surface area (Å²) in [6.07, 6.45) is 1.53. The van der Waals surface area contributed by atoms with Crippen LogP contribution in [0.15, 0.2) is 60.8 Å². The Hall–Kier alpha value is -2.92. The van der Waals surface area contributed by atoms with E-state index in [0.717, 1.165) is 5.39 Å². The molecule has 24 heavy (non-hydrogen) atoms. The van der Waals surface area contributed by atoms with E-state index in [0.29, 0.717) is 16.1 Å². The van der Waals surface area contributed by atoms with Crippen molar-refractivity contribution in [1.29, 1.82) is 0 Å². The number of carbonyl (C=O) groups excluding carboxylic acids is 2. The van der Waals surface area contributed by atoms with Crippen molar-refractivity contribution >= 4 is 39.9 Å². The summed E-state index contributed by atoms with van der Waals surface area (Å²) >= 11 is 5.78. The number of amides is 1. The van der Waals surface area contributed by atoms with Gasteiger partial charge in [0.1, 0.15) is 0 Å². The molecule has 3 aromatic rings. The number of carbonyl (C=O) groups is 2. The maximum absolute atomic E-state index is 12.2. The lowest BCUT2D eigenvalue weighted by atomic mass is 10.1. The monoisotopic (exact) mass is 340 g/mol. The number of nitrogens with one attached hydrogen (secondary N) is 1. The van der Waals surface area contributed by atoms with Gasteiger partial charge < -0.3 is 10.1 Å². The molecular weight excluding hydrogens is 328 g/mol. The van der Waals surface area contributed by atoms with Gasteiger partial charge in [-0.3, -0.25) is 4.79 Å². The number of benzene rings is 2. The van der Waals surface area contributed by atoms with Gasteiger partial charge in [-0.05, 0) is 35.7 Å². The molecule has 120 valence electrons. The number of ether oxygens (including phenoxy) is 1. The molecule has 0 saturated carbocycles. The zero-order chi connectivity index (χ0) is 16.9. The number of aromatic nitrogens is 1. The molecule has 0 radical (unpaired) electrons. The van der Waals surface area contributed by atoms with Crippen molar-refractivity contribution in [3.63, 3.8) is 0 Å². The van der Waals surface area contributed by atoms with Crippen LogP contribution in [-0.2, 0) is 9.53 Å². The number of pyridine rings is 1. The van der Waals surface area contributed by atoms with E-state index < -0.39 is 18.5 Å². The van der Waals surface area contributed by atoms with E-state index >= 15 is 0 Å². The molecule has 0 unspecified atom stereocenters. The average molecular weight is 341 g/mol. The van der Waals surface area contributed by atoms with Crippen molar-refractivity contribution < 1.29 is 14.3 Å². The summed E-state index contributed by atoms with van der Waals surface area (Å²) in [5.74, 6) is -1.08. The zero-order valence-electron chi connectivity index (χ0n) is 12.5. The number of halogens is 1. The van der Waals surface area contributed by atoms with Crippen molar-refractivity contribution in [1.82, 2.24) is 4.98 Å². The van der Waals surface area contributed by atoms with Gasteiger partial charge in [-0.25, -0.2) is 9.78 Å². The fraction of sp³-hybridized carbons (Fsp3) is 0.0556. The number of hydrogen-bond acceptors (Lipinski definition) is 4. The van der Waals surface area contributed by atoms with Crippen LogP contribution in [0.4, 0.5) is 5.69 Å². The van der Waals surface area contributed by atoms with Crippen molar-refractivity contribution in [3.05, 3.63) is 71.5 Å². The highest BCUT2D eigenvalue weighted by atomic mass is 35.5. The van der Waals surface area contributed by atoms with Crippen LogP contribution in [-0.4, -0.2) is 23.5 Å². The highest BCUT2D eigenvalue weighted by molar-refractivity contribution is 6.30. The van der Waals surface area contributed by atoms with Gasteiger partial charge in [-0.1, -0.05) is 35.9 Å². The molecule has 5 nitrogen and oxygen atoms in total. The summed E-state index contributed by atoms with van der Waals surface area (Å²) < 4.78 is 5.05. The Morgan fingerprint density at radius 1 is 1.04 bits per heavy atom. The van der Waals surface area contributed by atoms with Crippen molar-refractivity contribution in [2.45, 2.75) is 0 Å². The zero-order valence-corrected chi connectivity index (χ0v) is 13.3. The Kier molecular flexibility index (Phi) is 4.72. The van der Waals surface area contributed by atoms with Crippen LogP contribution in [0.2, 0.25) is 5.02 Å². The van der Waals surface area contributed by atoms with Gasteiger partial charge in [0, 0.05) is 22.3 Å². The number of hydrogen-bond donors (Lipinski definition) is 1. The minimum Gasteiger partial charge on any atom is -0.451 e. The highest BCUT2D eigenvalue weighted by Gasteiger charge is 2.14. The molecule has 0 aliphatic heterocycles. The molecule has 0 atom stereocenters. The normalized spacial score (nSPS) is 10.4. The molecule has 6 heteroatoms. The molecule has 1 amide bonds. The third-order valence-corrected chi connectivity index (χ3v) is 3.58. The number of esters is 1. The van der Waals surface area contributed by atoms with E-state index in [1.54, 1.807) is 36.4 Å². The molecule has 0 bridgehead atoms. The predicted molar refractivity (Wildman–Crippen MR) is 92.1 cm³/mol. The first-order valence-corrected chi connectivity index (χ1v) is 7.57. The minimum atomic E-state index is -0.641. The van der Waals surface area contributed by atoms with Crippen molar-refractivity contribution in [2.24, 2.45) is 0 Å². The van der Waals surface area contributed by atoms with E-state index in [-0.39, 0.29) is 5.69 Å². The van der Waals surface area contributed by atoms with Crippen LogP contribution < -0.4 is 5.32 Å². The van der Waals surface area contributed by atoms with Crippen LogP contribution in [0.1, 0.15) is 10.5 Å². The maximum atomic E-state index is 12.2. The SMILES string of the molecule is O=C(COC(=O)c1nccc2ccccc12)Nc1ccc(Cl)cc1. The van der Waals surface area contributed by atoms with E-state index in [4.69, 9.17) is 16.3 Å². The van der Waals surface area contributed by atoms with Crippen LogP contribution in [0.3, 0.4) is 0 Å². The van der Waals surface area contributed by atoms with Gasteiger partial charge in [0.2, 0.25) is 0 Å². The van der Waals surface area contributed by atoms with Gasteiger partial charge in [0.15, 0.2) is 12.3 Å². The molecule has 0 spiro atoms. The van der Waals surface area contributed by atoms with Crippen LogP contribution in [0, 0.1) is 0 Å². The van der Waals surface area contributed by atoms with Crippen LogP contribution in [0.25, 0.3) is 10.8 Å². The molecule has 3 rings (SSSR count). The second-order valence-electron chi connectivity index (χ2n) is 5.01. The first-order chi connectivity index (χ1) is 11.6. The molecule has 0 saturated heterocycles. The second-order valence-corrected chi connectivity index (χ2v) is 5.45. The molecule has 1 heterocycles. The molecule has 2 aromatic carbocycles. The second kappa shape index (κ2) is 7.10. The lowest BCUT2D eigenvalue weighted by Gasteiger charge is -2.08. The van der Waals surface area contributed by atoms with E-state index in [1.165, 1.54) is 6.20 Å². The number of fused-ring (bicyclic) bond motifs is 1. The summed E-state index contributed by atoms with van der Waals surface area (Å²) in [4.78, 5) is 28.1. The molecular formula is C18H13ClN2O3. The molecule has 0 aliphatic rings. The largest absolute Gasteiger partial charge is 0.451 e. The lowest BCUT2D eigenvalue weighted by molar-refractivity contribution is -0.119. The number of anilines is 1. The Morgan fingerprint density at radius 3 is 2.58 bits per heavy atom.